The molecule has 3 heteroatoms. The van der Waals surface area contributed by atoms with Crippen LogP contribution in [-0.4, -0.2) is 30.3 Å². The summed E-state index contributed by atoms with van der Waals surface area (Å²) in [4.78, 5) is 0. The zero-order chi connectivity index (χ0) is 9.73. The maximum atomic E-state index is 8.69. The van der Waals surface area contributed by atoms with Gasteiger partial charge in [0.15, 0.2) is 0 Å². The predicted molar refractivity (Wildman–Crippen MR) is 54.5 cm³/mol. The lowest BCUT2D eigenvalue weighted by Crippen LogP contribution is -2.53. The summed E-state index contributed by atoms with van der Waals surface area (Å²) in [5.74, 6) is 0.677. The molecule has 1 saturated carbocycles. The van der Waals surface area contributed by atoms with Gasteiger partial charge in [-0.3, -0.25) is 0 Å². The molecule has 0 saturated heterocycles. The van der Waals surface area contributed by atoms with Crippen molar-refractivity contribution in [3.8, 4) is 0 Å². The first kappa shape index (κ1) is 11.0. The summed E-state index contributed by atoms with van der Waals surface area (Å²) in [6.07, 6.45) is 4.58. The van der Waals surface area contributed by atoms with Gasteiger partial charge in [0.2, 0.25) is 0 Å². The largest absolute Gasteiger partial charge is 0.396 e. The quantitative estimate of drug-likeness (QED) is 0.547. The topological polar surface area (TPSA) is 58.3 Å². The Morgan fingerprint density at radius 2 is 2.38 bits per heavy atom. The Labute approximate surface area is 80.7 Å². The summed E-state index contributed by atoms with van der Waals surface area (Å²) in [5, 5.41) is 12.2. The number of rotatable bonds is 5. The Bertz CT molecular complexity index is 152. The zero-order valence-electron chi connectivity index (χ0n) is 8.55. The molecule has 0 amide bonds. The van der Waals surface area contributed by atoms with E-state index < -0.39 is 0 Å². The van der Waals surface area contributed by atoms with E-state index in [9.17, 15) is 0 Å². The first-order valence-corrected chi connectivity index (χ1v) is 5.31. The van der Waals surface area contributed by atoms with E-state index in [1.54, 1.807) is 0 Å². The van der Waals surface area contributed by atoms with Crippen molar-refractivity contribution in [2.75, 3.05) is 19.7 Å². The van der Waals surface area contributed by atoms with E-state index in [2.05, 4.69) is 12.2 Å². The van der Waals surface area contributed by atoms with Gasteiger partial charge in [-0.25, -0.2) is 0 Å². The highest BCUT2D eigenvalue weighted by molar-refractivity contribution is 4.98. The molecule has 78 valence electrons. The maximum Gasteiger partial charge on any atom is 0.0443 e. The summed E-state index contributed by atoms with van der Waals surface area (Å²) < 4.78 is 0. The molecular formula is C10H22N2O. The summed E-state index contributed by atoms with van der Waals surface area (Å²) >= 11 is 0. The molecule has 0 radical (unpaired) electrons. The summed E-state index contributed by atoms with van der Waals surface area (Å²) in [6, 6.07) is 0. The van der Waals surface area contributed by atoms with Gasteiger partial charge in [-0.15, -0.1) is 0 Å². The molecule has 2 atom stereocenters. The van der Waals surface area contributed by atoms with Crippen LogP contribution in [0.25, 0.3) is 0 Å². The predicted octanol–water partition coefficient (Wildman–Crippen LogP) is 0.476. The SMILES string of the molecule is CC1CCCC1(CN)NCCCO. The van der Waals surface area contributed by atoms with Gasteiger partial charge in [0, 0.05) is 18.7 Å². The summed E-state index contributed by atoms with van der Waals surface area (Å²) in [5.41, 5.74) is 5.98. The van der Waals surface area contributed by atoms with Gasteiger partial charge < -0.3 is 16.2 Å². The van der Waals surface area contributed by atoms with Crippen LogP contribution in [0.4, 0.5) is 0 Å². The van der Waals surface area contributed by atoms with Crippen LogP contribution in [0.5, 0.6) is 0 Å². The first-order valence-electron chi connectivity index (χ1n) is 5.31. The molecular weight excluding hydrogens is 164 g/mol. The van der Waals surface area contributed by atoms with Crippen molar-refractivity contribution in [2.24, 2.45) is 11.7 Å². The Morgan fingerprint density at radius 3 is 2.85 bits per heavy atom. The zero-order valence-corrected chi connectivity index (χ0v) is 8.55. The lowest BCUT2D eigenvalue weighted by molar-refractivity contribution is 0.241. The number of hydrogen-bond donors (Lipinski definition) is 3. The number of aliphatic hydroxyl groups excluding tert-OH is 1. The highest BCUT2D eigenvalue weighted by Gasteiger charge is 2.38. The van der Waals surface area contributed by atoms with Crippen molar-refractivity contribution in [1.82, 2.24) is 5.32 Å². The average molecular weight is 186 g/mol. The average Bonchev–Trinajstić information content (AvgIpc) is 2.49. The van der Waals surface area contributed by atoms with E-state index in [4.69, 9.17) is 10.8 Å². The van der Waals surface area contributed by atoms with Crippen LogP contribution in [0.1, 0.15) is 32.6 Å². The fraction of sp³-hybridized carbons (Fsp3) is 1.00. The molecule has 0 spiro atoms. The van der Waals surface area contributed by atoms with E-state index in [1.165, 1.54) is 19.3 Å². The molecule has 13 heavy (non-hydrogen) atoms. The third-order valence-electron chi connectivity index (χ3n) is 3.38. The fourth-order valence-corrected chi connectivity index (χ4v) is 2.30. The lowest BCUT2D eigenvalue weighted by Gasteiger charge is -2.33. The van der Waals surface area contributed by atoms with Crippen molar-refractivity contribution < 1.29 is 5.11 Å². The van der Waals surface area contributed by atoms with Gasteiger partial charge in [0.25, 0.3) is 0 Å². The lowest BCUT2D eigenvalue weighted by atomic mass is 9.88. The molecule has 2 unspecified atom stereocenters. The van der Waals surface area contributed by atoms with E-state index >= 15 is 0 Å². The second-order valence-corrected chi connectivity index (χ2v) is 4.16. The minimum Gasteiger partial charge on any atom is -0.396 e. The van der Waals surface area contributed by atoms with Crippen molar-refractivity contribution in [3.63, 3.8) is 0 Å². The molecule has 0 aromatic heterocycles. The van der Waals surface area contributed by atoms with Gasteiger partial charge in [0.05, 0.1) is 0 Å². The summed E-state index contributed by atoms with van der Waals surface area (Å²) in [7, 11) is 0. The Morgan fingerprint density at radius 1 is 1.62 bits per heavy atom. The van der Waals surface area contributed by atoms with Crippen LogP contribution in [-0.2, 0) is 0 Å². The van der Waals surface area contributed by atoms with Crippen LogP contribution in [0, 0.1) is 5.92 Å². The summed E-state index contributed by atoms with van der Waals surface area (Å²) in [6.45, 7) is 4.14. The molecule has 3 nitrogen and oxygen atoms in total. The third-order valence-corrected chi connectivity index (χ3v) is 3.38. The normalized spacial score (nSPS) is 33.9. The standard InChI is InChI=1S/C10H22N2O/c1-9-4-2-5-10(9,8-11)12-6-3-7-13/h9,12-13H,2-8,11H2,1H3. The Hall–Kier alpha value is -0.120. The van der Waals surface area contributed by atoms with Gasteiger partial charge in [-0.05, 0) is 31.7 Å². The molecule has 1 rings (SSSR count). The molecule has 0 aromatic rings. The van der Waals surface area contributed by atoms with Gasteiger partial charge >= 0.3 is 0 Å². The maximum absolute atomic E-state index is 8.69. The molecule has 0 heterocycles. The second kappa shape index (κ2) is 4.94. The van der Waals surface area contributed by atoms with Crippen LogP contribution in [0.3, 0.4) is 0 Å². The monoisotopic (exact) mass is 186 g/mol. The number of nitrogens with one attached hydrogen (secondary N) is 1. The van der Waals surface area contributed by atoms with Gasteiger partial charge in [0.1, 0.15) is 0 Å². The minimum atomic E-state index is 0.162. The van der Waals surface area contributed by atoms with Crippen molar-refractivity contribution in [1.29, 1.82) is 0 Å². The highest BCUT2D eigenvalue weighted by Crippen LogP contribution is 2.34. The first-order chi connectivity index (χ1) is 6.25. The Kier molecular flexibility index (Phi) is 4.16. The molecule has 4 N–H and O–H groups in total. The van der Waals surface area contributed by atoms with E-state index in [-0.39, 0.29) is 12.1 Å². The van der Waals surface area contributed by atoms with E-state index in [1.807, 2.05) is 0 Å². The second-order valence-electron chi connectivity index (χ2n) is 4.16. The smallest absolute Gasteiger partial charge is 0.0443 e. The van der Waals surface area contributed by atoms with Gasteiger partial charge in [-0.2, -0.15) is 0 Å². The fourth-order valence-electron chi connectivity index (χ4n) is 2.30. The van der Waals surface area contributed by atoms with Crippen LogP contribution >= 0.6 is 0 Å². The highest BCUT2D eigenvalue weighted by atomic mass is 16.3. The molecule has 0 aromatic carbocycles. The van der Waals surface area contributed by atoms with Crippen molar-refractivity contribution in [2.45, 2.75) is 38.1 Å². The van der Waals surface area contributed by atoms with E-state index in [0.29, 0.717) is 5.92 Å². The van der Waals surface area contributed by atoms with Gasteiger partial charge in [-0.1, -0.05) is 13.3 Å². The molecule has 1 fully saturated rings. The van der Waals surface area contributed by atoms with Crippen molar-refractivity contribution in [3.05, 3.63) is 0 Å². The number of hydrogen-bond acceptors (Lipinski definition) is 3. The number of nitrogens with two attached hydrogens (primary N) is 1. The van der Waals surface area contributed by atoms with E-state index in [0.717, 1.165) is 19.5 Å². The van der Waals surface area contributed by atoms with Crippen molar-refractivity contribution >= 4 is 0 Å². The van der Waals surface area contributed by atoms with Crippen LogP contribution < -0.4 is 11.1 Å². The molecule has 0 bridgehead atoms. The Balaban J connectivity index is 2.39. The third kappa shape index (κ3) is 2.42. The molecule has 1 aliphatic rings. The number of aliphatic hydroxyl groups is 1. The molecule has 0 aliphatic heterocycles. The van der Waals surface area contributed by atoms with Crippen LogP contribution in [0.15, 0.2) is 0 Å². The minimum absolute atomic E-state index is 0.162. The molecule has 1 aliphatic carbocycles. The van der Waals surface area contributed by atoms with Crippen LogP contribution in [0.2, 0.25) is 0 Å².